The van der Waals surface area contributed by atoms with Gasteiger partial charge in [0.1, 0.15) is 0 Å². The largest absolute Gasteiger partial charge is 0.314 e. The molecular weight excluding hydrogens is 258 g/mol. The summed E-state index contributed by atoms with van der Waals surface area (Å²) in [5.74, 6) is 0. The van der Waals surface area contributed by atoms with Crippen molar-refractivity contribution in [3.8, 4) is 0 Å². The zero-order valence-electron chi connectivity index (χ0n) is 14.6. The van der Waals surface area contributed by atoms with Crippen molar-refractivity contribution in [1.29, 1.82) is 0 Å². The molecule has 2 aliphatic rings. The Labute approximate surface area is 132 Å². The van der Waals surface area contributed by atoms with Gasteiger partial charge in [-0.05, 0) is 85.1 Å². The van der Waals surface area contributed by atoms with E-state index >= 15 is 0 Å². The Morgan fingerprint density at radius 2 is 1.67 bits per heavy atom. The van der Waals surface area contributed by atoms with Crippen molar-refractivity contribution in [3.05, 3.63) is 0 Å². The van der Waals surface area contributed by atoms with Crippen LogP contribution in [0.3, 0.4) is 0 Å². The molecule has 3 nitrogen and oxygen atoms in total. The van der Waals surface area contributed by atoms with Crippen molar-refractivity contribution in [2.45, 2.75) is 83.8 Å². The third-order valence-corrected chi connectivity index (χ3v) is 5.47. The van der Waals surface area contributed by atoms with Gasteiger partial charge in [0, 0.05) is 18.1 Å². The summed E-state index contributed by atoms with van der Waals surface area (Å²) in [6.45, 7) is 13.5. The standard InChI is InChI=1S/C18H37N3/c1-4-10-19-16(2)15-17(3)20-13-8-18(9-14-20)21-11-6-5-7-12-21/h16-19H,4-15H2,1-3H3. The minimum Gasteiger partial charge on any atom is -0.314 e. The zero-order valence-corrected chi connectivity index (χ0v) is 14.6. The van der Waals surface area contributed by atoms with Crippen LogP contribution in [0.15, 0.2) is 0 Å². The van der Waals surface area contributed by atoms with Crippen molar-refractivity contribution in [1.82, 2.24) is 15.1 Å². The molecule has 124 valence electrons. The van der Waals surface area contributed by atoms with Crippen LogP contribution in [-0.2, 0) is 0 Å². The molecule has 0 radical (unpaired) electrons. The fourth-order valence-electron chi connectivity index (χ4n) is 4.11. The fraction of sp³-hybridized carbons (Fsp3) is 1.00. The van der Waals surface area contributed by atoms with E-state index in [0.29, 0.717) is 6.04 Å². The van der Waals surface area contributed by atoms with E-state index < -0.39 is 0 Å². The molecule has 0 aromatic heterocycles. The Hall–Kier alpha value is -0.120. The van der Waals surface area contributed by atoms with Crippen LogP contribution in [0.4, 0.5) is 0 Å². The van der Waals surface area contributed by atoms with E-state index in [0.717, 1.165) is 18.6 Å². The third kappa shape index (κ3) is 5.54. The number of hydrogen-bond acceptors (Lipinski definition) is 3. The molecule has 2 saturated heterocycles. The van der Waals surface area contributed by atoms with E-state index in [4.69, 9.17) is 0 Å². The van der Waals surface area contributed by atoms with Crippen LogP contribution in [0.5, 0.6) is 0 Å². The van der Waals surface area contributed by atoms with E-state index in [9.17, 15) is 0 Å². The first-order chi connectivity index (χ1) is 10.2. The second kappa shape index (κ2) is 9.12. The maximum atomic E-state index is 3.63. The average Bonchev–Trinajstić information content (AvgIpc) is 2.54. The van der Waals surface area contributed by atoms with Gasteiger partial charge in [0.2, 0.25) is 0 Å². The highest BCUT2D eigenvalue weighted by Gasteiger charge is 2.27. The average molecular weight is 296 g/mol. The van der Waals surface area contributed by atoms with Crippen molar-refractivity contribution in [3.63, 3.8) is 0 Å². The van der Waals surface area contributed by atoms with Gasteiger partial charge in [0.25, 0.3) is 0 Å². The quantitative estimate of drug-likeness (QED) is 0.778. The van der Waals surface area contributed by atoms with Gasteiger partial charge in [0.15, 0.2) is 0 Å². The summed E-state index contributed by atoms with van der Waals surface area (Å²) in [7, 11) is 0. The van der Waals surface area contributed by atoms with Crippen molar-refractivity contribution in [2.24, 2.45) is 0 Å². The Balaban J connectivity index is 1.67. The molecule has 2 rings (SSSR count). The van der Waals surface area contributed by atoms with E-state index in [1.165, 1.54) is 71.1 Å². The van der Waals surface area contributed by atoms with E-state index in [1.807, 2.05) is 0 Å². The summed E-state index contributed by atoms with van der Waals surface area (Å²) in [5, 5.41) is 3.63. The molecule has 1 N–H and O–H groups in total. The van der Waals surface area contributed by atoms with Crippen LogP contribution in [0.1, 0.15) is 65.7 Å². The first-order valence-electron chi connectivity index (χ1n) is 9.42. The molecule has 2 atom stereocenters. The molecular formula is C18H37N3. The molecule has 3 heteroatoms. The molecule has 0 aromatic carbocycles. The molecule has 2 unspecified atom stereocenters. The maximum absolute atomic E-state index is 3.63. The second-order valence-electron chi connectivity index (χ2n) is 7.30. The number of hydrogen-bond donors (Lipinski definition) is 1. The molecule has 0 spiro atoms. The predicted octanol–water partition coefficient (Wildman–Crippen LogP) is 3.10. The zero-order chi connectivity index (χ0) is 15.1. The smallest absolute Gasteiger partial charge is 0.0120 e. The highest BCUT2D eigenvalue weighted by Crippen LogP contribution is 2.22. The van der Waals surface area contributed by atoms with E-state index in [1.54, 1.807) is 0 Å². The summed E-state index contributed by atoms with van der Waals surface area (Å²) in [6, 6.07) is 2.26. The van der Waals surface area contributed by atoms with Gasteiger partial charge in [-0.15, -0.1) is 0 Å². The molecule has 2 heterocycles. The Kier molecular flexibility index (Phi) is 7.48. The minimum atomic E-state index is 0.653. The molecule has 21 heavy (non-hydrogen) atoms. The van der Waals surface area contributed by atoms with Crippen LogP contribution < -0.4 is 5.32 Å². The topological polar surface area (TPSA) is 18.5 Å². The van der Waals surface area contributed by atoms with E-state index in [2.05, 4.69) is 35.9 Å². The minimum absolute atomic E-state index is 0.653. The lowest BCUT2D eigenvalue weighted by molar-refractivity contribution is 0.0719. The fourth-order valence-corrected chi connectivity index (χ4v) is 4.11. The monoisotopic (exact) mass is 295 g/mol. The van der Waals surface area contributed by atoms with Gasteiger partial charge < -0.3 is 15.1 Å². The highest BCUT2D eigenvalue weighted by atomic mass is 15.2. The molecule has 2 fully saturated rings. The normalized spacial score (nSPS) is 25.9. The first kappa shape index (κ1) is 17.2. The molecule has 0 saturated carbocycles. The van der Waals surface area contributed by atoms with Gasteiger partial charge in [-0.2, -0.15) is 0 Å². The van der Waals surface area contributed by atoms with Crippen molar-refractivity contribution >= 4 is 0 Å². The third-order valence-electron chi connectivity index (χ3n) is 5.47. The summed E-state index contributed by atoms with van der Waals surface area (Å²) in [5.41, 5.74) is 0. The highest BCUT2D eigenvalue weighted by molar-refractivity contribution is 4.84. The van der Waals surface area contributed by atoms with Gasteiger partial charge >= 0.3 is 0 Å². The lowest BCUT2D eigenvalue weighted by Crippen LogP contribution is -2.49. The van der Waals surface area contributed by atoms with Gasteiger partial charge in [-0.1, -0.05) is 13.3 Å². The van der Waals surface area contributed by atoms with Gasteiger partial charge in [-0.3, -0.25) is 0 Å². The lowest BCUT2D eigenvalue weighted by atomic mass is 9.97. The number of nitrogens with one attached hydrogen (secondary N) is 1. The van der Waals surface area contributed by atoms with Gasteiger partial charge in [0.05, 0.1) is 0 Å². The SMILES string of the molecule is CCCNC(C)CC(C)N1CCC(N2CCCCC2)CC1. The summed E-state index contributed by atoms with van der Waals surface area (Å²) < 4.78 is 0. The van der Waals surface area contributed by atoms with E-state index in [-0.39, 0.29) is 0 Å². The number of rotatable bonds is 7. The van der Waals surface area contributed by atoms with Crippen LogP contribution >= 0.6 is 0 Å². The summed E-state index contributed by atoms with van der Waals surface area (Å²) >= 11 is 0. The van der Waals surface area contributed by atoms with Crippen molar-refractivity contribution < 1.29 is 0 Å². The summed E-state index contributed by atoms with van der Waals surface area (Å²) in [6.07, 6.45) is 9.61. The van der Waals surface area contributed by atoms with Crippen LogP contribution in [0.2, 0.25) is 0 Å². The molecule has 0 amide bonds. The second-order valence-corrected chi connectivity index (χ2v) is 7.30. The number of nitrogens with zero attached hydrogens (tertiary/aromatic N) is 2. The maximum Gasteiger partial charge on any atom is 0.0120 e. The van der Waals surface area contributed by atoms with Crippen LogP contribution in [0.25, 0.3) is 0 Å². The van der Waals surface area contributed by atoms with Crippen molar-refractivity contribution in [2.75, 3.05) is 32.7 Å². The first-order valence-corrected chi connectivity index (χ1v) is 9.42. The molecule has 0 aromatic rings. The lowest BCUT2D eigenvalue weighted by Gasteiger charge is -2.42. The Morgan fingerprint density at radius 1 is 1.00 bits per heavy atom. The number of piperidine rings is 2. The molecule has 2 aliphatic heterocycles. The van der Waals surface area contributed by atoms with Crippen LogP contribution in [-0.4, -0.2) is 60.6 Å². The van der Waals surface area contributed by atoms with Gasteiger partial charge in [-0.25, -0.2) is 0 Å². The van der Waals surface area contributed by atoms with Crippen LogP contribution in [0, 0.1) is 0 Å². The number of likely N-dealkylation sites (tertiary alicyclic amines) is 2. The molecule has 0 aliphatic carbocycles. The molecule has 0 bridgehead atoms. The summed E-state index contributed by atoms with van der Waals surface area (Å²) in [4.78, 5) is 5.50. The predicted molar refractivity (Wildman–Crippen MR) is 91.9 cm³/mol. The Morgan fingerprint density at radius 3 is 2.29 bits per heavy atom. The Bertz CT molecular complexity index is 268.